The van der Waals surface area contributed by atoms with E-state index in [1.54, 1.807) is 0 Å². The van der Waals surface area contributed by atoms with Crippen molar-refractivity contribution < 1.29 is 9.47 Å². The maximum atomic E-state index is 5.52. The summed E-state index contributed by atoms with van der Waals surface area (Å²) in [7, 11) is 0. The molecule has 6 heteroatoms. The van der Waals surface area contributed by atoms with E-state index in [4.69, 9.17) is 9.47 Å². The molecule has 2 saturated carbocycles. The topological polar surface area (TPSA) is 61.2 Å². The third-order valence-corrected chi connectivity index (χ3v) is 6.86. The second kappa shape index (κ2) is 7.91. The van der Waals surface area contributed by atoms with Gasteiger partial charge in [0.15, 0.2) is 11.5 Å². The molecule has 0 radical (unpaired) electrons. The van der Waals surface area contributed by atoms with Crippen LogP contribution in [-0.2, 0) is 0 Å². The van der Waals surface area contributed by atoms with Gasteiger partial charge in [-0.05, 0) is 62.1 Å². The van der Waals surface area contributed by atoms with E-state index in [0.29, 0.717) is 24.7 Å². The molecule has 2 aliphatic carbocycles. The van der Waals surface area contributed by atoms with Gasteiger partial charge in [-0.25, -0.2) is 0 Å². The second-order valence-corrected chi connectivity index (χ2v) is 9.08. The Kier molecular flexibility index (Phi) is 4.78. The van der Waals surface area contributed by atoms with Gasteiger partial charge in [0.1, 0.15) is 0 Å². The van der Waals surface area contributed by atoms with Gasteiger partial charge >= 0.3 is 0 Å². The van der Waals surface area contributed by atoms with Crippen LogP contribution in [-0.4, -0.2) is 28.1 Å². The van der Waals surface area contributed by atoms with Crippen molar-refractivity contribution in [3.05, 3.63) is 54.6 Å². The van der Waals surface area contributed by atoms with E-state index in [0.717, 1.165) is 23.7 Å². The van der Waals surface area contributed by atoms with Gasteiger partial charge in [0, 0.05) is 41.7 Å². The molecule has 160 valence electrons. The van der Waals surface area contributed by atoms with Crippen LogP contribution in [0.5, 0.6) is 11.5 Å². The highest BCUT2D eigenvalue weighted by molar-refractivity contribution is 5.67. The van der Waals surface area contributed by atoms with Gasteiger partial charge < -0.3 is 14.8 Å². The average Bonchev–Trinajstić information content (AvgIpc) is 3.35. The van der Waals surface area contributed by atoms with Gasteiger partial charge in [-0.3, -0.25) is 9.67 Å². The van der Waals surface area contributed by atoms with Crippen LogP contribution in [0.2, 0.25) is 0 Å². The monoisotopic (exact) mass is 416 g/mol. The van der Waals surface area contributed by atoms with Gasteiger partial charge in [0.25, 0.3) is 0 Å². The van der Waals surface area contributed by atoms with Crippen LogP contribution in [0.3, 0.4) is 0 Å². The molecule has 2 fully saturated rings. The number of anilines is 1. The molecule has 0 saturated heterocycles. The van der Waals surface area contributed by atoms with Crippen molar-refractivity contribution in [2.45, 2.75) is 50.5 Å². The minimum Gasteiger partial charge on any atom is -0.453 e. The van der Waals surface area contributed by atoms with Crippen LogP contribution in [0.15, 0.2) is 48.9 Å². The summed E-state index contributed by atoms with van der Waals surface area (Å²) in [5, 5.41) is 8.21. The predicted octanol–water partition coefficient (Wildman–Crippen LogP) is 5.39. The van der Waals surface area contributed by atoms with E-state index in [9.17, 15) is 0 Å². The Bertz CT molecular complexity index is 1070. The lowest BCUT2D eigenvalue weighted by atomic mass is 9.80. The molecule has 6 nitrogen and oxygen atoms in total. The van der Waals surface area contributed by atoms with Crippen molar-refractivity contribution in [3.63, 3.8) is 0 Å². The maximum absolute atomic E-state index is 5.52. The van der Waals surface area contributed by atoms with Crippen LogP contribution in [0.25, 0.3) is 11.1 Å². The quantitative estimate of drug-likeness (QED) is 0.583. The largest absolute Gasteiger partial charge is 0.453 e. The summed E-state index contributed by atoms with van der Waals surface area (Å²) in [4.78, 5) is 4.62. The molecule has 3 aliphatic rings. The average molecular weight is 417 g/mol. The van der Waals surface area contributed by atoms with E-state index in [1.807, 2.05) is 12.4 Å². The minimum absolute atomic E-state index is 0.308. The molecule has 3 heterocycles. The summed E-state index contributed by atoms with van der Waals surface area (Å²) in [6.07, 6.45) is 13.3. The highest BCUT2D eigenvalue weighted by atomic mass is 16.7. The number of hydrogen-bond donors (Lipinski definition) is 1. The first-order valence-corrected chi connectivity index (χ1v) is 11.5. The molecule has 0 amide bonds. The fourth-order valence-corrected chi connectivity index (χ4v) is 4.80. The molecule has 0 spiro atoms. The normalized spacial score (nSPS) is 22.5. The molecular formula is C25H28N4O2. The molecule has 6 rings (SSSR count). The standard InChI is InChI=1S/C25H28N4O2/c1-2-19(20-13-28-29(15-20)22-8-9-22)10-21(3-1)26-12-17-4-6-18(7-5-17)23-11-24-25(14-27-23)31-16-30-24/h1-3,10-11,13-15,17-18,22,26H,4-9,12,16H2/t17-,18-. The van der Waals surface area contributed by atoms with E-state index in [1.165, 1.54) is 55.3 Å². The number of pyridine rings is 1. The number of rotatable bonds is 6. The number of benzene rings is 1. The maximum Gasteiger partial charge on any atom is 0.231 e. The molecule has 0 unspecified atom stereocenters. The Morgan fingerprint density at radius 3 is 2.68 bits per heavy atom. The fourth-order valence-electron chi connectivity index (χ4n) is 4.80. The van der Waals surface area contributed by atoms with Crippen molar-refractivity contribution in [2.24, 2.45) is 5.92 Å². The van der Waals surface area contributed by atoms with Crippen LogP contribution < -0.4 is 14.8 Å². The Labute approximate surface area is 182 Å². The first kappa shape index (κ1) is 18.7. The fraction of sp³-hybridized carbons (Fsp3) is 0.440. The number of hydrogen-bond acceptors (Lipinski definition) is 5. The number of ether oxygens (including phenoxy) is 2. The van der Waals surface area contributed by atoms with Gasteiger partial charge in [-0.15, -0.1) is 0 Å². The van der Waals surface area contributed by atoms with Crippen molar-refractivity contribution in [1.82, 2.24) is 14.8 Å². The van der Waals surface area contributed by atoms with Gasteiger partial charge in [0.05, 0.1) is 18.4 Å². The Balaban J connectivity index is 1.04. The zero-order valence-electron chi connectivity index (χ0n) is 17.7. The first-order chi connectivity index (χ1) is 15.3. The van der Waals surface area contributed by atoms with E-state index in [-0.39, 0.29) is 0 Å². The van der Waals surface area contributed by atoms with E-state index in [2.05, 4.69) is 56.6 Å². The molecular weight excluding hydrogens is 388 g/mol. The third-order valence-electron chi connectivity index (χ3n) is 6.86. The smallest absolute Gasteiger partial charge is 0.231 e. The lowest BCUT2D eigenvalue weighted by Gasteiger charge is -2.28. The Hall–Kier alpha value is -3.02. The zero-order chi connectivity index (χ0) is 20.6. The number of fused-ring (bicyclic) bond motifs is 1. The molecule has 1 aliphatic heterocycles. The van der Waals surface area contributed by atoms with Crippen molar-refractivity contribution in [1.29, 1.82) is 0 Å². The molecule has 0 atom stereocenters. The SMILES string of the molecule is c1cc(NC[C@H]2CC[C@H](c3cc4c(cn3)OCO4)CC2)cc(-c2cnn(C3CC3)c2)c1. The van der Waals surface area contributed by atoms with Crippen LogP contribution in [0, 0.1) is 5.92 Å². The van der Waals surface area contributed by atoms with Crippen molar-refractivity contribution >= 4 is 5.69 Å². The van der Waals surface area contributed by atoms with Gasteiger partial charge in [-0.1, -0.05) is 12.1 Å². The van der Waals surface area contributed by atoms with Crippen molar-refractivity contribution in [2.75, 3.05) is 18.7 Å². The van der Waals surface area contributed by atoms with Gasteiger partial charge in [0.2, 0.25) is 6.79 Å². The molecule has 1 N–H and O–H groups in total. The molecule has 31 heavy (non-hydrogen) atoms. The molecule has 0 bridgehead atoms. The summed E-state index contributed by atoms with van der Waals surface area (Å²) >= 11 is 0. The highest BCUT2D eigenvalue weighted by Crippen LogP contribution is 2.39. The molecule has 1 aromatic carbocycles. The number of aromatic nitrogens is 3. The lowest BCUT2D eigenvalue weighted by molar-refractivity contribution is 0.173. The van der Waals surface area contributed by atoms with E-state index >= 15 is 0 Å². The summed E-state index contributed by atoms with van der Waals surface area (Å²) in [5.41, 5.74) is 4.77. The van der Waals surface area contributed by atoms with Crippen LogP contribution >= 0.6 is 0 Å². The Morgan fingerprint density at radius 1 is 0.935 bits per heavy atom. The minimum atomic E-state index is 0.308. The number of nitrogens with zero attached hydrogens (tertiary/aromatic N) is 3. The van der Waals surface area contributed by atoms with Crippen LogP contribution in [0.1, 0.15) is 56.2 Å². The highest BCUT2D eigenvalue weighted by Gasteiger charge is 2.26. The van der Waals surface area contributed by atoms with Crippen LogP contribution in [0.4, 0.5) is 5.69 Å². The Morgan fingerprint density at radius 2 is 1.81 bits per heavy atom. The predicted molar refractivity (Wildman–Crippen MR) is 119 cm³/mol. The molecule has 3 aromatic rings. The van der Waals surface area contributed by atoms with Gasteiger partial charge in [-0.2, -0.15) is 5.10 Å². The first-order valence-electron chi connectivity index (χ1n) is 11.5. The summed E-state index contributed by atoms with van der Waals surface area (Å²) in [6, 6.07) is 11.4. The van der Waals surface area contributed by atoms with E-state index < -0.39 is 0 Å². The van der Waals surface area contributed by atoms with Crippen molar-refractivity contribution in [3.8, 4) is 22.6 Å². The number of nitrogens with one attached hydrogen (secondary N) is 1. The third kappa shape index (κ3) is 3.99. The summed E-state index contributed by atoms with van der Waals surface area (Å²) < 4.78 is 13.0. The second-order valence-electron chi connectivity index (χ2n) is 9.08. The zero-order valence-corrected chi connectivity index (χ0v) is 17.7. The summed E-state index contributed by atoms with van der Waals surface area (Å²) in [6.45, 7) is 1.33. The summed E-state index contributed by atoms with van der Waals surface area (Å²) in [5.74, 6) is 2.84. The lowest BCUT2D eigenvalue weighted by Crippen LogP contribution is -2.21. The molecule has 2 aromatic heterocycles.